The summed E-state index contributed by atoms with van der Waals surface area (Å²) in [5.74, 6) is -1.22. The number of anilines is 2. The Hall–Kier alpha value is -2.00. The van der Waals surface area contributed by atoms with Crippen molar-refractivity contribution < 1.29 is 9.90 Å². The highest BCUT2D eigenvalue weighted by atomic mass is 35.5. The van der Waals surface area contributed by atoms with Crippen molar-refractivity contribution in [1.82, 2.24) is 0 Å². The first-order chi connectivity index (χ1) is 8.58. The molecule has 0 saturated carbocycles. The molecule has 0 saturated heterocycles. The van der Waals surface area contributed by atoms with E-state index in [1.165, 1.54) is 6.07 Å². The SMILES string of the molecule is Cc1ccc(Cl)c(Nc2ccccc2C(=O)[O-])c1. The normalized spacial score (nSPS) is 10.1. The number of hydrogen-bond acceptors (Lipinski definition) is 3. The van der Waals surface area contributed by atoms with Crippen LogP contribution in [0.2, 0.25) is 5.02 Å². The van der Waals surface area contributed by atoms with Gasteiger partial charge < -0.3 is 15.2 Å². The molecule has 0 atom stereocenters. The number of halogens is 1. The first-order valence-electron chi connectivity index (χ1n) is 5.41. The summed E-state index contributed by atoms with van der Waals surface area (Å²) in [5.41, 5.74) is 2.28. The number of hydrogen-bond donors (Lipinski definition) is 1. The van der Waals surface area contributed by atoms with E-state index in [2.05, 4.69) is 5.32 Å². The minimum Gasteiger partial charge on any atom is -0.545 e. The van der Waals surface area contributed by atoms with Crippen molar-refractivity contribution in [1.29, 1.82) is 0 Å². The molecule has 2 aromatic carbocycles. The van der Waals surface area contributed by atoms with Crippen LogP contribution in [0.5, 0.6) is 0 Å². The van der Waals surface area contributed by atoms with Gasteiger partial charge in [-0.15, -0.1) is 0 Å². The summed E-state index contributed by atoms with van der Waals surface area (Å²) in [7, 11) is 0. The number of carboxylic acids is 1. The van der Waals surface area contributed by atoms with Gasteiger partial charge in [-0.2, -0.15) is 0 Å². The maximum absolute atomic E-state index is 11.0. The Morgan fingerprint density at radius 2 is 1.89 bits per heavy atom. The highest BCUT2D eigenvalue weighted by Crippen LogP contribution is 2.27. The Balaban J connectivity index is 2.40. The molecule has 0 radical (unpaired) electrons. The zero-order valence-corrected chi connectivity index (χ0v) is 10.5. The third-order valence-electron chi connectivity index (χ3n) is 2.54. The van der Waals surface area contributed by atoms with Crippen molar-refractivity contribution in [3.05, 3.63) is 58.6 Å². The average molecular weight is 261 g/mol. The standard InChI is InChI=1S/C14H12ClNO2/c1-9-6-7-11(15)13(8-9)16-12-5-3-2-4-10(12)14(17)18/h2-8,16H,1H3,(H,17,18)/p-1. The lowest BCUT2D eigenvalue weighted by atomic mass is 10.1. The summed E-state index contributed by atoms with van der Waals surface area (Å²) in [6.45, 7) is 1.94. The van der Waals surface area contributed by atoms with Crippen LogP contribution in [-0.2, 0) is 0 Å². The zero-order chi connectivity index (χ0) is 13.1. The number of aromatic carboxylic acids is 1. The lowest BCUT2D eigenvalue weighted by Gasteiger charge is -2.14. The average Bonchev–Trinajstić information content (AvgIpc) is 2.34. The Kier molecular flexibility index (Phi) is 3.53. The summed E-state index contributed by atoms with van der Waals surface area (Å²) in [5, 5.41) is 14.5. The second kappa shape index (κ2) is 5.10. The van der Waals surface area contributed by atoms with E-state index in [1.807, 2.05) is 19.1 Å². The Bertz CT molecular complexity index is 596. The molecule has 0 aromatic heterocycles. The number of rotatable bonds is 3. The molecule has 0 fully saturated rings. The van der Waals surface area contributed by atoms with E-state index in [0.29, 0.717) is 16.4 Å². The van der Waals surface area contributed by atoms with Gasteiger partial charge in [-0.3, -0.25) is 0 Å². The van der Waals surface area contributed by atoms with Gasteiger partial charge in [-0.25, -0.2) is 0 Å². The maximum Gasteiger partial charge on any atom is 0.0736 e. The molecular formula is C14H11ClNO2-. The third-order valence-corrected chi connectivity index (χ3v) is 2.87. The van der Waals surface area contributed by atoms with Crippen LogP contribution in [0.25, 0.3) is 0 Å². The number of aryl methyl sites for hydroxylation is 1. The second-order valence-electron chi connectivity index (χ2n) is 3.94. The summed E-state index contributed by atoms with van der Waals surface area (Å²) in [6, 6.07) is 12.1. The molecule has 0 amide bonds. The minimum atomic E-state index is -1.22. The molecule has 0 spiro atoms. The monoisotopic (exact) mass is 260 g/mol. The van der Waals surface area contributed by atoms with E-state index in [1.54, 1.807) is 24.3 Å². The lowest BCUT2D eigenvalue weighted by molar-refractivity contribution is -0.254. The van der Waals surface area contributed by atoms with E-state index in [0.717, 1.165) is 5.56 Å². The Labute approximate surface area is 110 Å². The summed E-state index contributed by atoms with van der Waals surface area (Å²) in [4.78, 5) is 11.0. The molecule has 2 aromatic rings. The van der Waals surface area contributed by atoms with E-state index in [4.69, 9.17) is 11.6 Å². The van der Waals surface area contributed by atoms with Gasteiger partial charge in [0.25, 0.3) is 0 Å². The fraction of sp³-hybridized carbons (Fsp3) is 0.0714. The molecule has 92 valence electrons. The third kappa shape index (κ3) is 2.63. The largest absolute Gasteiger partial charge is 0.545 e. The van der Waals surface area contributed by atoms with Crippen molar-refractivity contribution in [3.63, 3.8) is 0 Å². The molecule has 18 heavy (non-hydrogen) atoms. The Morgan fingerprint density at radius 1 is 1.17 bits per heavy atom. The van der Waals surface area contributed by atoms with E-state index in [-0.39, 0.29) is 5.56 Å². The predicted molar refractivity (Wildman–Crippen MR) is 70.2 cm³/mol. The van der Waals surface area contributed by atoms with Gasteiger partial charge >= 0.3 is 0 Å². The van der Waals surface area contributed by atoms with Crippen LogP contribution in [0, 0.1) is 6.92 Å². The molecule has 0 aliphatic heterocycles. The molecule has 0 aliphatic carbocycles. The molecule has 1 N–H and O–H groups in total. The van der Waals surface area contributed by atoms with Crippen LogP contribution in [0.4, 0.5) is 11.4 Å². The summed E-state index contributed by atoms with van der Waals surface area (Å²) >= 11 is 6.05. The van der Waals surface area contributed by atoms with Gasteiger partial charge in [0.05, 0.1) is 16.7 Å². The quantitative estimate of drug-likeness (QED) is 0.923. The van der Waals surface area contributed by atoms with Gasteiger partial charge in [0, 0.05) is 11.3 Å². The van der Waals surface area contributed by atoms with Crippen molar-refractivity contribution in [3.8, 4) is 0 Å². The number of carbonyl (C=O) groups is 1. The number of benzene rings is 2. The lowest BCUT2D eigenvalue weighted by Crippen LogP contribution is -2.23. The van der Waals surface area contributed by atoms with Gasteiger partial charge in [-0.05, 0) is 30.7 Å². The van der Waals surface area contributed by atoms with E-state index >= 15 is 0 Å². The molecular weight excluding hydrogens is 250 g/mol. The van der Waals surface area contributed by atoms with Crippen LogP contribution < -0.4 is 10.4 Å². The smallest absolute Gasteiger partial charge is 0.0736 e. The molecule has 3 nitrogen and oxygen atoms in total. The molecule has 0 unspecified atom stereocenters. The van der Waals surface area contributed by atoms with Crippen molar-refractivity contribution in [2.24, 2.45) is 0 Å². The summed E-state index contributed by atoms with van der Waals surface area (Å²) < 4.78 is 0. The summed E-state index contributed by atoms with van der Waals surface area (Å²) in [6.07, 6.45) is 0. The molecule has 0 heterocycles. The van der Waals surface area contributed by atoms with Gasteiger partial charge in [0.1, 0.15) is 0 Å². The first kappa shape index (κ1) is 12.5. The van der Waals surface area contributed by atoms with Crippen LogP contribution in [0.1, 0.15) is 15.9 Å². The fourth-order valence-corrected chi connectivity index (χ4v) is 1.81. The van der Waals surface area contributed by atoms with E-state index in [9.17, 15) is 9.90 Å². The topological polar surface area (TPSA) is 52.2 Å². The number of carbonyl (C=O) groups excluding carboxylic acids is 1. The van der Waals surface area contributed by atoms with Gasteiger partial charge in [-0.1, -0.05) is 35.9 Å². The van der Waals surface area contributed by atoms with Crippen LogP contribution in [-0.4, -0.2) is 5.97 Å². The van der Waals surface area contributed by atoms with Crippen LogP contribution >= 0.6 is 11.6 Å². The molecule has 0 bridgehead atoms. The van der Waals surface area contributed by atoms with Gasteiger partial charge in [0.2, 0.25) is 0 Å². The highest BCUT2D eigenvalue weighted by Gasteiger charge is 2.05. The minimum absolute atomic E-state index is 0.107. The predicted octanol–water partition coefficient (Wildman–Crippen LogP) is 2.76. The number of nitrogens with one attached hydrogen (secondary N) is 1. The van der Waals surface area contributed by atoms with Crippen molar-refractivity contribution in [2.75, 3.05) is 5.32 Å². The van der Waals surface area contributed by atoms with Crippen LogP contribution in [0.3, 0.4) is 0 Å². The first-order valence-corrected chi connectivity index (χ1v) is 5.79. The van der Waals surface area contributed by atoms with Gasteiger partial charge in [0.15, 0.2) is 0 Å². The maximum atomic E-state index is 11.0. The van der Waals surface area contributed by atoms with Crippen molar-refractivity contribution >= 4 is 28.9 Å². The number of para-hydroxylation sites is 1. The molecule has 2 rings (SSSR count). The van der Waals surface area contributed by atoms with E-state index < -0.39 is 5.97 Å². The second-order valence-corrected chi connectivity index (χ2v) is 4.35. The van der Waals surface area contributed by atoms with Crippen LogP contribution in [0.15, 0.2) is 42.5 Å². The zero-order valence-electron chi connectivity index (χ0n) is 9.74. The molecule has 0 aliphatic rings. The molecule has 4 heteroatoms. The highest BCUT2D eigenvalue weighted by molar-refractivity contribution is 6.33. The van der Waals surface area contributed by atoms with Crippen molar-refractivity contribution in [2.45, 2.75) is 6.92 Å². The number of carboxylic acid groups (broad SMARTS) is 1. The Morgan fingerprint density at radius 3 is 2.61 bits per heavy atom. The fourth-order valence-electron chi connectivity index (χ4n) is 1.65.